The van der Waals surface area contributed by atoms with Crippen molar-refractivity contribution >= 4 is 43.1 Å². The molecule has 0 fully saturated rings. The van der Waals surface area contributed by atoms with Gasteiger partial charge in [0.15, 0.2) is 5.82 Å². The Kier molecular flexibility index (Phi) is 8.19. The molecule has 0 bridgehead atoms. The number of nitrogens with zero attached hydrogens (tertiary/aromatic N) is 2. The lowest BCUT2D eigenvalue weighted by Crippen LogP contribution is -1.96. The average Bonchev–Trinajstić information content (AvgIpc) is 3.31. The predicted octanol–water partition coefficient (Wildman–Crippen LogP) is 15.1. The molecule has 0 aliphatic carbocycles. The van der Waals surface area contributed by atoms with Gasteiger partial charge in [0.25, 0.3) is 0 Å². The van der Waals surface area contributed by atoms with Crippen LogP contribution in [-0.4, -0.2) is 9.97 Å². The molecule has 58 heavy (non-hydrogen) atoms. The molecule has 2 nitrogen and oxygen atoms in total. The zero-order chi connectivity index (χ0) is 38.4. The second-order valence-electron chi connectivity index (χ2n) is 14.9. The van der Waals surface area contributed by atoms with Crippen LogP contribution in [-0.2, 0) is 0 Å². The second kappa shape index (κ2) is 14.1. The monoisotopic (exact) mass is 736 g/mol. The molecule has 0 atom stereocenters. The number of hydrogen-bond acceptors (Lipinski definition) is 2. The Morgan fingerprint density at radius 1 is 0.241 bits per heavy atom. The molecule has 0 radical (unpaired) electrons. The van der Waals surface area contributed by atoms with Gasteiger partial charge in [-0.15, -0.1) is 0 Å². The third kappa shape index (κ3) is 5.91. The molecule has 0 spiro atoms. The lowest BCUT2D eigenvalue weighted by atomic mass is 9.83. The minimum absolute atomic E-state index is 0.707. The summed E-state index contributed by atoms with van der Waals surface area (Å²) >= 11 is 0. The molecule has 10 aromatic carbocycles. The van der Waals surface area contributed by atoms with Gasteiger partial charge in [-0.05, 0) is 101 Å². The molecule has 1 aromatic heterocycles. The Hall–Kier alpha value is -7.68. The van der Waals surface area contributed by atoms with Crippen molar-refractivity contribution in [3.63, 3.8) is 0 Å². The van der Waals surface area contributed by atoms with Crippen molar-refractivity contribution in [3.8, 4) is 67.3 Å². The van der Waals surface area contributed by atoms with Crippen molar-refractivity contribution in [1.29, 1.82) is 0 Å². The molecule has 11 aromatic rings. The molecular formula is C56H36N2. The Labute approximate surface area is 337 Å². The summed E-state index contributed by atoms with van der Waals surface area (Å²) in [6.45, 7) is 0. The molecule has 2 heteroatoms. The van der Waals surface area contributed by atoms with Gasteiger partial charge < -0.3 is 0 Å². The largest absolute Gasteiger partial charge is 0.228 e. The van der Waals surface area contributed by atoms with E-state index < -0.39 is 0 Å². The molecule has 0 aliphatic rings. The van der Waals surface area contributed by atoms with Crippen molar-refractivity contribution in [1.82, 2.24) is 9.97 Å². The lowest BCUT2D eigenvalue weighted by Gasteiger charge is -2.19. The molecule has 11 rings (SSSR count). The molecule has 0 saturated carbocycles. The van der Waals surface area contributed by atoms with Gasteiger partial charge in [-0.1, -0.05) is 194 Å². The maximum atomic E-state index is 5.17. The van der Waals surface area contributed by atoms with Crippen LogP contribution in [0, 0.1) is 0 Å². The molecular weight excluding hydrogens is 701 g/mol. The maximum absolute atomic E-state index is 5.17. The van der Waals surface area contributed by atoms with E-state index in [1.54, 1.807) is 0 Å². The summed E-state index contributed by atoms with van der Waals surface area (Å²) in [6, 6.07) is 78.3. The fourth-order valence-electron chi connectivity index (χ4n) is 8.67. The van der Waals surface area contributed by atoms with Crippen LogP contribution in [0.1, 0.15) is 0 Å². The molecule has 1 heterocycles. The smallest absolute Gasteiger partial charge is 0.160 e. The number of benzene rings is 10. The van der Waals surface area contributed by atoms with Gasteiger partial charge in [-0.2, -0.15) is 0 Å². The first-order valence-corrected chi connectivity index (χ1v) is 19.8. The minimum Gasteiger partial charge on any atom is -0.228 e. The van der Waals surface area contributed by atoms with Crippen LogP contribution >= 0.6 is 0 Å². The fraction of sp³-hybridized carbons (Fsp3) is 0. The highest BCUT2D eigenvalue weighted by molar-refractivity contribution is 6.28. The van der Waals surface area contributed by atoms with Crippen LogP contribution in [0.2, 0.25) is 0 Å². The van der Waals surface area contributed by atoms with Gasteiger partial charge in [-0.3, -0.25) is 0 Å². The van der Waals surface area contributed by atoms with Gasteiger partial charge in [0, 0.05) is 16.7 Å². The Balaban J connectivity index is 1.08. The first kappa shape index (κ1) is 33.6. The van der Waals surface area contributed by atoms with Crippen LogP contribution in [0.25, 0.3) is 110 Å². The van der Waals surface area contributed by atoms with Crippen molar-refractivity contribution in [2.75, 3.05) is 0 Å². The van der Waals surface area contributed by atoms with E-state index in [0.29, 0.717) is 5.82 Å². The number of hydrogen-bond donors (Lipinski definition) is 0. The average molecular weight is 737 g/mol. The van der Waals surface area contributed by atoms with E-state index in [9.17, 15) is 0 Å². The van der Waals surface area contributed by atoms with Crippen molar-refractivity contribution < 1.29 is 0 Å². The standard InChI is InChI=1S/C56H36N2/c1-4-15-37(16-5-1)41-22-14-23-44(33-41)51-36-52(58-56(57-51)40-20-8-3-9-21-40)45-29-27-43-35-46(30-28-42(43)34-45)54-49-26-13-12-25-48(49)53(39-18-6-2-7-19-39)50-32-31-38-17-10-11-24-47(38)55(50)54/h1-36H. The summed E-state index contributed by atoms with van der Waals surface area (Å²) in [7, 11) is 0. The highest BCUT2D eigenvalue weighted by Gasteiger charge is 2.19. The van der Waals surface area contributed by atoms with Crippen molar-refractivity contribution in [2.45, 2.75) is 0 Å². The van der Waals surface area contributed by atoms with Crippen LogP contribution in [0.5, 0.6) is 0 Å². The highest BCUT2D eigenvalue weighted by atomic mass is 14.9. The van der Waals surface area contributed by atoms with Gasteiger partial charge in [0.2, 0.25) is 0 Å². The molecule has 0 amide bonds. The molecule has 270 valence electrons. The maximum Gasteiger partial charge on any atom is 0.160 e. The zero-order valence-corrected chi connectivity index (χ0v) is 31.7. The normalized spacial score (nSPS) is 11.4. The summed E-state index contributed by atoms with van der Waals surface area (Å²) in [4.78, 5) is 10.3. The quantitative estimate of drug-likeness (QED) is 0.125. The third-order valence-electron chi connectivity index (χ3n) is 11.4. The molecule has 0 unspecified atom stereocenters. The van der Waals surface area contributed by atoms with Gasteiger partial charge in [-0.25, -0.2) is 9.97 Å². The molecule has 0 aliphatic heterocycles. The van der Waals surface area contributed by atoms with Gasteiger partial charge in [0.1, 0.15) is 0 Å². The highest BCUT2D eigenvalue weighted by Crippen LogP contribution is 2.46. The predicted molar refractivity (Wildman–Crippen MR) is 245 cm³/mol. The van der Waals surface area contributed by atoms with E-state index in [4.69, 9.17) is 9.97 Å². The van der Waals surface area contributed by atoms with E-state index in [1.807, 2.05) is 18.2 Å². The summed E-state index contributed by atoms with van der Waals surface area (Å²) in [6.07, 6.45) is 0. The first-order chi connectivity index (χ1) is 28.7. The topological polar surface area (TPSA) is 25.8 Å². The lowest BCUT2D eigenvalue weighted by molar-refractivity contribution is 1.18. The molecule has 0 N–H and O–H groups in total. The van der Waals surface area contributed by atoms with E-state index in [2.05, 4.69) is 200 Å². The number of fused-ring (bicyclic) bond motifs is 5. The van der Waals surface area contributed by atoms with Crippen molar-refractivity contribution in [2.24, 2.45) is 0 Å². The summed E-state index contributed by atoms with van der Waals surface area (Å²) < 4.78 is 0. The van der Waals surface area contributed by atoms with E-state index in [0.717, 1.165) is 39.0 Å². The van der Waals surface area contributed by atoms with Gasteiger partial charge >= 0.3 is 0 Å². The molecule has 0 saturated heterocycles. The van der Waals surface area contributed by atoms with E-state index in [-0.39, 0.29) is 0 Å². The third-order valence-corrected chi connectivity index (χ3v) is 11.4. The van der Waals surface area contributed by atoms with Crippen LogP contribution in [0.15, 0.2) is 218 Å². The van der Waals surface area contributed by atoms with Crippen LogP contribution in [0.3, 0.4) is 0 Å². The summed E-state index contributed by atoms with van der Waals surface area (Å²) in [5.41, 5.74) is 12.2. The SMILES string of the molecule is c1ccc(-c2cccc(-c3cc(-c4ccc5cc(-c6c7ccccc7c(-c7ccccc7)c7ccc8ccccc8c67)ccc5c4)nc(-c4ccccc4)n3)c2)cc1. The summed E-state index contributed by atoms with van der Waals surface area (Å²) in [5.74, 6) is 0.707. The van der Waals surface area contributed by atoms with Crippen LogP contribution < -0.4 is 0 Å². The number of rotatable bonds is 6. The second-order valence-corrected chi connectivity index (χ2v) is 14.9. The number of aromatic nitrogens is 2. The zero-order valence-electron chi connectivity index (χ0n) is 31.7. The Morgan fingerprint density at radius 3 is 1.45 bits per heavy atom. The first-order valence-electron chi connectivity index (χ1n) is 19.8. The van der Waals surface area contributed by atoms with Gasteiger partial charge in [0.05, 0.1) is 11.4 Å². The minimum atomic E-state index is 0.707. The summed E-state index contributed by atoms with van der Waals surface area (Å²) in [5, 5.41) is 9.89. The van der Waals surface area contributed by atoms with Crippen molar-refractivity contribution in [3.05, 3.63) is 218 Å². The van der Waals surface area contributed by atoms with E-state index >= 15 is 0 Å². The fourth-order valence-corrected chi connectivity index (χ4v) is 8.67. The Morgan fingerprint density at radius 2 is 0.741 bits per heavy atom. The van der Waals surface area contributed by atoms with Crippen LogP contribution in [0.4, 0.5) is 0 Å². The van der Waals surface area contributed by atoms with E-state index in [1.165, 1.54) is 65.5 Å². The Bertz CT molecular complexity index is 3320.